The van der Waals surface area contributed by atoms with Crippen LogP contribution in [0.5, 0.6) is 0 Å². The Morgan fingerprint density at radius 2 is 1.62 bits per heavy atom. The topological polar surface area (TPSA) is 58.2 Å². The van der Waals surface area contributed by atoms with E-state index in [0.717, 1.165) is 20.4 Å². The number of anilines is 2. The van der Waals surface area contributed by atoms with Crippen molar-refractivity contribution < 1.29 is 8.42 Å². The largest absolute Gasteiger partial charge is 0.388 e. The van der Waals surface area contributed by atoms with Crippen molar-refractivity contribution in [1.29, 1.82) is 0 Å². The van der Waals surface area contributed by atoms with Crippen LogP contribution >= 0.6 is 22.6 Å². The maximum absolute atomic E-state index is 12.7. The van der Waals surface area contributed by atoms with Gasteiger partial charge in [0, 0.05) is 16.3 Å². The number of para-hydroxylation sites is 1. The van der Waals surface area contributed by atoms with E-state index < -0.39 is 10.0 Å². The second-order valence-electron chi connectivity index (χ2n) is 4.77. The molecule has 2 N–H and O–H groups in total. The number of halogens is 1. The van der Waals surface area contributed by atoms with Crippen LogP contribution in [0.4, 0.5) is 11.4 Å². The molecule has 0 aromatic heterocycles. The molecule has 0 aliphatic rings. The zero-order valence-corrected chi connectivity index (χ0v) is 15.0. The molecule has 4 nitrogen and oxygen atoms in total. The zero-order valence-electron chi connectivity index (χ0n) is 12.1. The van der Waals surface area contributed by atoms with E-state index in [-0.39, 0.29) is 0 Å². The van der Waals surface area contributed by atoms with Crippen molar-refractivity contribution in [1.82, 2.24) is 0 Å². The van der Waals surface area contributed by atoms with Gasteiger partial charge in [0.05, 0.1) is 10.6 Å². The first-order valence-electron chi connectivity index (χ1n) is 6.41. The van der Waals surface area contributed by atoms with E-state index in [1.807, 2.05) is 37.4 Å². The average Bonchev–Trinajstić information content (AvgIpc) is 2.40. The predicted octanol–water partition coefficient (Wildman–Crippen LogP) is 3.75. The van der Waals surface area contributed by atoms with E-state index in [0.29, 0.717) is 10.6 Å². The van der Waals surface area contributed by atoms with Crippen LogP contribution in [-0.4, -0.2) is 15.5 Å². The van der Waals surface area contributed by atoms with Crippen LogP contribution in [-0.2, 0) is 10.0 Å². The quantitative estimate of drug-likeness (QED) is 0.747. The Hall–Kier alpha value is -1.28. The van der Waals surface area contributed by atoms with Gasteiger partial charge in [-0.25, -0.2) is 8.42 Å². The Morgan fingerprint density at radius 3 is 2.14 bits per heavy atom. The molecule has 6 heteroatoms. The summed E-state index contributed by atoms with van der Waals surface area (Å²) in [5.41, 5.74) is 2.93. The van der Waals surface area contributed by atoms with Crippen molar-refractivity contribution in [3.8, 4) is 0 Å². The molecular weight excluding hydrogens is 399 g/mol. The van der Waals surface area contributed by atoms with Crippen LogP contribution < -0.4 is 10.0 Å². The fraction of sp³-hybridized carbons (Fsp3) is 0.200. The van der Waals surface area contributed by atoms with Gasteiger partial charge in [-0.15, -0.1) is 0 Å². The third-order valence-electron chi connectivity index (χ3n) is 3.14. The monoisotopic (exact) mass is 416 g/mol. The Morgan fingerprint density at radius 1 is 1.05 bits per heavy atom. The smallest absolute Gasteiger partial charge is 0.262 e. The summed E-state index contributed by atoms with van der Waals surface area (Å²) in [5.74, 6) is 0. The number of rotatable bonds is 4. The molecule has 0 aliphatic heterocycles. The molecule has 2 aromatic rings. The number of nitrogens with one attached hydrogen (secondary N) is 2. The second kappa shape index (κ2) is 6.23. The normalized spacial score (nSPS) is 11.2. The maximum Gasteiger partial charge on any atom is 0.262 e. The van der Waals surface area contributed by atoms with Gasteiger partial charge < -0.3 is 5.32 Å². The van der Waals surface area contributed by atoms with Gasteiger partial charge in [0.2, 0.25) is 0 Å². The van der Waals surface area contributed by atoms with Crippen LogP contribution in [0.15, 0.2) is 41.3 Å². The Balaban J connectivity index is 2.48. The van der Waals surface area contributed by atoms with Crippen molar-refractivity contribution in [2.75, 3.05) is 17.1 Å². The van der Waals surface area contributed by atoms with E-state index in [1.54, 1.807) is 19.9 Å². The van der Waals surface area contributed by atoms with Gasteiger partial charge in [-0.1, -0.05) is 12.1 Å². The summed E-state index contributed by atoms with van der Waals surface area (Å²) in [6.45, 7) is 3.61. The minimum absolute atomic E-state index is 0.334. The van der Waals surface area contributed by atoms with E-state index in [4.69, 9.17) is 0 Å². The van der Waals surface area contributed by atoms with Gasteiger partial charge in [0.1, 0.15) is 0 Å². The van der Waals surface area contributed by atoms with Gasteiger partial charge in [-0.05, 0) is 71.8 Å². The molecule has 112 valence electrons. The molecule has 0 bridgehead atoms. The van der Waals surface area contributed by atoms with E-state index >= 15 is 0 Å². The first kappa shape index (κ1) is 16.1. The molecule has 0 saturated carbocycles. The molecule has 2 aromatic carbocycles. The average molecular weight is 416 g/mol. The number of aryl methyl sites for hydroxylation is 2. The molecule has 0 radical (unpaired) electrons. The highest BCUT2D eigenvalue weighted by atomic mass is 127. The lowest BCUT2D eigenvalue weighted by Gasteiger charge is -2.15. The molecule has 2 rings (SSSR count). The molecule has 0 saturated heterocycles. The second-order valence-corrected chi connectivity index (χ2v) is 7.56. The molecule has 21 heavy (non-hydrogen) atoms. The van der Waals surface area contributed by atoms with Crippen molar-refractivity contribution >= 4 is 44.0 Å². The number of hydrogen-bond donors (Lipinski definition) is 2. The van der Waals surface area contributed by atoms with E-state index in [1.165, 1.54) is 0 Å². The van der Waals surface area contributed by atoms with Gasteiger partial charge >= 0.3 is 0 Å². The highest BCUT2D eigenvalue weighted by molar-refractivity contribution is 14.1. The lowest BCUT2D eigenvalue weighted by atomic mass is 10.1. The number of hydrogen-bond acceptors (Lipinski definition) is 3. The molecular formula is C15H17IN2O2S. The van der Waals surface area contributed by atoms with Gasteiger partial charge in [-0.3, -0.25) is 4.72 Å². The van der Waals surface area contributed by atoms with Crippen LogP contribution in [0, 0.1) is 17.4 Å². The summed E-state index contributed by atoms with van der Waals surface area (Å²) in [6, 6.07) is 11.0. The lowest BCUT2D eigenvalue weighted by Crippen LogP contribution is -2.16. The fourth-order valence-corrected chi connectivity index (χ4v) is 4.50. The minimum Gasteiger partial charge on any atom is -0.388 e. The molecule has 0 aliphatic carbocycles. The lowest BCUT2D eigenvalue weighted by molar-refractivity contribution is 0.600. The summed E-state index contributed by atoms with van der Waals surface area (Å²) < 4.78 is 28.8. The third kappa shape index (κ3) is 3.49. The standard InChI is InChI=1S/C15H17IN2O2S/c1-10-8-12(17-3)9-11(2)15(10)21(19,20)18-14-7-5-4-6-13(14)16/h4-9,17-18H,1-3H3. The molecule has 0 unspecified atom stereocenters. The minimum atomic E-state index is -3.60. The highest BCUT2D eigenvalue weighted by Crippen LogP contribution is 2.27. The third-order valence-corrected chi connectivity index (χ3v) is 5.75. The summed E-state index contributed by atoms with van der Waals surface area (Å²) in [6.07, 6.45) is 0. The fourth-order valence-electron chi connectivity index (χ4n) is 2.26. The summed E-state index contributed by atoms with van der Waals surface area (Å²) in [7, 11) is -1.79. The molecule has 0 atom stereocenters. The Bertz CT molecular complexity index is 750. The highest BCUT2D eigenvalue weighted by Gasteiger charge is 2.21. The molecule has 0 heterocycles. The summed E-state index contributed by atoms with van der Waals surface area (Å²) in [5, 5.41) is 3.03. The first-order valence-corrected chi connectivity index (χ1v) is 8.97. The summed E-state index contributed by atoms with van der Waals surface area (Å²) in [4.78, 5) is 0.334. The van der Waals surface area contributed by atoms with Crippen LogP contribution in [0.25, 0.3) is 0 Å². The summed E-state index contributed by atoms with van der Waals surface area (Å²) >= 11 is 2.11. The maximum atomic E-state index is 12.7. The molecule has 0 spiro atoms. The van der Waals surface area contributed by atoms with Gasteiger partial charge in [0.15, 0.2) is 0 Å². The SMILES string of the molecule is CNc1cc(C)c(S(=O)(=O)Nc2ccccc2I)c(C)c1. The van der Waals surface area contributed by atoms with E-state index in [2.05, 4.69) is 32.6 Å². The number of benzene rings is 2. The number of sulfonamides is 1. The van der Waals surface area contributed by atoms with Crippen LogP contribution in [0.1, 0.15) is 11.1 Å². The van der Waals surface area contributed by atoms with Crippen molar-refractivity contribution in [2.24, 2.45) is 0 Å². The molecule has 0 fully saturated rings. The first-order chi connectivity index (χ1) is 9.85. The van der Waals surface area contributed by atoms with Crippen LogP contribution in [0.3, 0.4) is 0 Å². The van der Waals surface area contributed by atoms with Crippen molar-refractivity contribution in [3.05, 3.63) is 51.1 Å². The van der Waals surface area contributed by atoms with E-state index in [9.17, 15) is 8.42 Å². The predicted molar refractivity (Wildman–Crippen MR) is 95.4 cm³/mol. The Kier molecular flexibility index (Phi) is 4.77. The Labute approximate surface area is 139 Å². The zero-order chi connectivity index (χ0) is 15.6. The molecule has 0 amide bonds. The van der Waals surface area contributed by atoms with Gasteiger partial charge in [-0.2, -0.15) is 0 Å². The van der Waals surface area contributed by atoms with Crippen molar-refractivity contribution in [3.63, 3.8) is 0 Å². The van der Waals surface area contributed by atoms with Crippen molar-refractivity contribution in [2.45, 2.75) is 18.7 Å². The van der Waals surface area contributed by atoms with Gasteiger partial charge in [0.25, 0.3) is 10.0 Å². The van der Waals surface area contributed by atoms with Crippen LogP contribution in [0.2, 0.25) is 0 Å².